The maximum atomic E-state index is 12.5. The number of hydrogen-bond donors (Lipinski definition) is 1. The van der Waals surface area contributed by atoms with Crippen LogP contribution in [0, 0.1) is 6.92 Å². The van der Waals surface area contributed by atoms with Crippen LogP contribution in [-0.2, 0) is 29.0 Å². The summed E-state index contributed by atoms with van der Waals surface area (Å²) in [4.78, 5) is 29.1. The summed E-state index contributed by atoms with van der Waals surface area (Å²) in [5, 5.41) is 6.96. The third kappa shape index (κ3) is 3.42. The maximum Gasteiger partial charge on any atom is 0.341 e. The molecular formula is C15H17N3O4S. The van der Waals surface area contributed by atoms with Crippen molar-refractivity contribution in [2.75, 3.05) is 5.32 Å². The number of thiophene rings is 1. The lowest BCUT2D eigenvalue weighted by molar-refractivity contribution is -0.114. The molecule has 0 saturated heterocycles. The van der Waals surface area contributed by atoms with Crippen LogP contribution in [0.5, 0.6) is 0 Å². The molecule has 0 fully saturated rings. The molecule has 1 aliphatic carbocycles. The summed E-state index contributed by atoms with van der Waals surface area (Å²) in [5.74, 6) is 0.0677. The molecule has 2 aromatic heterocycles. The molecule has 0 aromatic carbocycles. The van der Waals surface area contributed by atoms with E-state index in [0.717, 1.165) is 36.1 Å². The minimum Gasteiger partial charge on any atom is -0.452 e. The van der Waals surface area contributed by atoms with Gasteiger partial charge in [0, 0.05) is 11.8 Å². The van der Waals surface area contributed by atoms with Gasteiger partial charge in [0.05, 0.1) is 5.56 Å². The van der Waals surface area contributed by atoms with E-state index in [1.165, 1.54) is 18.3 Å². The van der Waals surface area contributed by atoms with Gasteiger partial charge in [-0.05, 0) is 38.2 Å². The third-order valence-electron chi connectivity index (χ3n) is 3.56. The number of carbonyl (C=O) groups is 2. The van der Waals surface area contributed by atoms with E-state index in [-0.39, 0.29) is 18.4 Å². The Kier molecular flexibility index (Phi) is 4.42. The van der Waals surface area contributed by atoms with Gasteiger partial charge in [0.25, 0.3) is 5.89 Å². The number of aromatic nitrogens is 2. The lowest BCUT2D eigenvalue weighted by Gasteiger charge is -2.12. The molecule has 1 N–H and O–H groups in total. The predicted octanol–water partition coefficient (Wildman–Crippen LogP) is 2.63. The SMILES string of the molecule is CC(=O)Nc1sc2c(c1C(=O)OCc1nc(C)no1)CCCC2. The van der Waals surface area contributed by atoms with Crippen LogP contribution in [0.4, 0.5) is 5.00 Å². The summed E-state index contributed by atoms with van der Waals surface area (Å²) < 4.78 is 10.2. The van der Waals surface area contributed by atoms with Crippen molar-refractivity contribution >= 4 is 28.2 Å². The first-order valence-electron chi connectivity index (χ1n) is 7.43. The Bertz CT molecular complexity index is 750. The number of rotatable bonds is 4. The van der Waals surface area contributed by atoms with Gasteiger partial charge in [-0.3, -0.25) is 4.79 Å². The highest BCUT2D eigenvalue weighted by atomic mass is 32.1. The van der Waals surface area contributed by atoms with Gasteiger partial charge in [0.1, 0.15) is 5.00 Å². The van der Waals surface area contributed by atoms with E-state index < -0.39 is 5.97 Å². The van der Waals surface area contributed by atoms with Crippen LogP contribution in [0.2, 0.25) is 0 Å². The zero-order chi connectivity index (χ0) is 16.4. The zero-order valence-electron chi connectivity index (χ0n) is 13.0. The van der Waals surface area contributed by atoms with Crippen molar-refractivity contribution in [3.05, 3.63) is 27.7 Å². The maximum absolute atomic E-state index is 12.5. The Labute approximate surface area is 137 Å². The van der Waals surface area contributed by atoms with E-state index >= 15 is 0 Å². The number of fused-ring (bicyclic) bond motifs is 1. The number of esters is 1. The molecule has 0 unspecified atom stereocenters. The fourth-order valence-electron chi connectivity index (χ4n) is 2.63. The largest absolute Gasteiger partial charge is 0.452 e. The lowest BCUT2D eigenvalue weighted by atomic mass is 9.95. The molecular weight excluding hydrogens is 318 g/mol. The fraction of sp³-hybridized carbons (Fsp3) is 0.467. The van der Waals surface area contributed by atoms with E-state index in [1.807, 2.05) is 0 Å². The van der Waals surface area contributed by atoms with Gasteiger partial charge in [-0.2, -0.15) is 4.98 Å². The average Bonchev–Trinajstić information content (AvgIpc) is 3.07. The van der Waals surface area contributed by atoms with Gasteiger partial charge in [0.15, 0.2) is 12.4 Å². The summed E-state index contributed by atoms with van der Waals surface area (Å²) in [6.07, 6.45) is 3.90. The molecule has 7 nitrogen and oxygen atoms in total. The number of aryl methyl sites for hydroxylation is 2. The summed E-state index contributed by atoms with van der Waals surface area (Å²) in [6, 6.07) is 0. The molecule has 0 spiro atoms. The van der Waals surface area contributed by atoms with Gasteiger partial charge < -0.3 is 14.6 Å². The van der Waals surface area contributed by atoms with E-state index in [9.17, 15) is 9.59 Å². The minimum absolute atomic E-state index is 0.0796. The summed E-state index contributed by atoms with van der Waals surface area (Å²) in [6.45, 7) is 3.04. The Morgan fingerprint density at radius 2 is 2.13 bits per heavy atom. The molecule has 0 saturated carbocycles. The molecule has 122 valence electrons. The van der Waals surface area contributed by atoms with Gasteiger partial charge in [-0.1, -0.05) is 5.16 Å². The molecule has 3 rings (SSSR count). The monoisotopic (exact) mass is 335 g/mol. The number of hydrogen-bond acceptors (Lipinski definition) is 7. The van der Waals surface area contributed by atoms with Crippen LogP contribution in [0.25, 0.3) is 0 Å². The number of nitrogens with one attached hydrogen (secondary N) is 1. The molecule has 2 heterocycles. The van der Waals surface area contributed by atoms with Crippen LogP contribution < -0.4 is 5.32 Å². The normalized spacial score (nSPS) is 13.5. The third-order valence-corrected chi connectivity index (χ3v) is 4.77. The summed E-state index contributed by atoms with van der Waals surface area (Å²) in [5.41, 5.74) is 1.47. The van der Waals surface area contributed by atoms with Gasteiger partial charge in [-0.25, -0.2) is 4.79 Å². The number of nitrogens with zero attached hydrogens (tertiary/aromatic N) is 2. The highest BCUT2D eigenvalue weighted by molar-refractivity contribution is 7.17. The van der Waals surface area contributed by atoms with Crippen LogP contribution in [0.3, 0.4) is 0 Å². The van der Waals surface area contributed by atoms with Gasteiger partial charge >= 0.3 is 5.97 Å². The molecule has 23 heavy (non-hydrogen) atoms. The highest BCUT2D eigenvalue weighted by Crippen LogP contribution is 2.38. The second-order valence-electron chi connectivity index (χ2n) is 5.41. The van der Waals surface area contributed by atoms with Gasteiger partial charge in [-0.15, -0.1) is 11.3 Å². The second kappa shape index (κ2) is 6.49. The van der Waals surface area contributed by atoms with E-state index in [2.05, 4.69) is 15.5 Å². The quantitative estimate of drug-likeness (QED) is 0.863. The Morgan fingerprint density at radius 1 is 1.35 bits per heavy atom. The number of carbonyl (C=O) groups excluding carboxylic acids is 2. The van der Waals surface area contributed by atoms with Crippen molar-refractivity contribution < 1.29 is 18.8 Å². The van der Waals surface area contributed by atoms with E-state index in [1.54, 1.807) is 6.92 Å². The van der Waals surface area contributed by atoms with E-state index in [4.69, 9.17) is 9.26 Å². The first-order chi connectivity index (χ1) is 11.0. The Balaban J connectivity index is 1.82. The van der Waals surface area contributed by atoms with Crippen LogP contribution in [0.1, 0.15) is 52.3 Å². The Morgan fingerprint density at radius 3 is 2.83 bits per heavy atom. The van der Waals surface area contributed by atoms with Crippen LogP contribution in [0.15, 0.2) is 4.52 Å². The van der Waals surface area contributed by atoms with Crippen molar-refractivity contribution in [1.82, 2.24) is 10.1 Å². The highest BCUT2D eigenvalue weighted by Gasteiger charge is 2.27. The molecule has 1 aliphatic rings. The minimum atomic E-state index is -0.469. The fourth-order valence-corrected chi connectivity index (χ4v) is 3.95. The molecule has 0 aliphatic heterocycles. The average molecular weight is 335 g/mol. The lowest BCUT2D eigenvalue weighted by Crippen LogP contribution is -2.13. The van der Waals surface area contributed by atoms with E-state index in [0.29, 0.717) is 16.4 Å². The predicted molar refractivity (Wildman–Crippen MR) is 83.4 cm³/mol. The number of anilines is 1. The standard InChI is InChI=1S/C15H17N3O4S/c1-8-16-12(22-18-8)7-21-15(20)13-10-5-3-4-6-11(10)23-14(13)17-9(2)19/h3-7H2,1-2H3,(H,17,19). The summed E-state index contributed by atoms with van der Waals surface area (Å²) >= 11 is 1.46. The van der Waals surface area contributed by atoms with Gasteiger partial charge in [0.2, 0.25) is 5.91 Å². The Hall–Kier alpha value is -2.22. The number of amides is 1. The zero-order valence-corrected chi connectivity index (χ0v) is 13.8. The smallest absolute Gasteiger partial charge is 0.341 e. The molecule has 1 amide bonds. The van der Waals surface area contributed by atoms with Crippen molar-refractivity contribution in [3.8, 4) is 0 Å². The van der Waals surface area contributed by atoms with Crippen molar-refractivity contribution in [2.45, 2.75) is 46.1 Å². The van der Waals surface area contributed by atoms with Crippen molar-refractivity contribution in [3.63, 3.8) is 0 Å². The molecule has 0 radical (unpaired) electrons. The second-order valence-corrected chi connectivity index (χ2v) is 6.51. The molecule has 0 bridgehead atoms. The first-order valence-corrected chi connectivity index (χ1v) is 8.24. The van der Waals surface area contributed by atoms with Crippen LogP contribution in [-0.4, -0.2) is 22.0 Å². The first kappa shape index (κ1) is 15.7. The van der Waals surface area contributed by atoms with Crippen LogP contribution >= 0.6 is 11.3 Å². The number of ether oxygens (including phenoxy) is 1. The molecule has 2 aromatic rings. The van der Waals surface area contributed by atoms with Crippen molar-refractivity contribution in [1.29, 1.82) is 0 Å². The summed E-state index contributed by atoms with van der Waals surface area (Å²) in [7, 11) is 0. The molecule has 0 atom stereocenters. The van der Waals surface area contributed by atoms with Crippen molar-refractivity contribution in [2.24, 2.45) is 0 Å². The molecule has 8 heteroatoms. The topological polar surface area (TPSA) is 94.3 Å².